The summed E-state index contributed by atoms with van der Waals surface area (Å²) in [4.78, 5) is 11.7. The van der Waals surface area contributed by atoms with Gasteiger partial charge < -0.3 is 5.73 Å². The van der Waals surface area contributed by atoms with Crippen LogP contribution in [0.1, 0.15) is 15.9 Å². The zero-order valence-electron chi connectivity index (χ0n) is 10.3. The molecular formula is C14H11F2N3O. The molecule has 0 saturated heterocycles. The minimum atomic E-state index is -0.754. The summed E-state index contributed by atoms with van der Waals surface area (Å²) in [5, 5.41) is 3.61. The molecule has 0 atom stereocenters. The number of nitrogen functional groups attached to an aromatic ring is 1. The number of anilines is 1. The lowest BCUT2D eigenvalue weighted by Crippen LogP contribution is -2.17. The zero-order valence-corrected chi connectivity index (χ0v) is 10.3. The molecule has 0 aromatic heterocycles. The Bertz CT molecular complexity index is 654. The highest BCUT2D eigenvalue weighted by Gasteiger charge is 2.04. The third-order valence-electron chi connectivity index (χ3n) is 2.51. The lowest BCUT2D eigenvalue weighted by Gasteiger charge is -2.00. The molecule has 0 unspecified atom stereocenters. The summed E-state index contributed by atoms with van der Waals surface area (Å²) in [6.45, 7) is 0. The van der Waals surface area contributed by atoms with Gasteiger partial charge in [0.1, 0.15) is 11.6 Å². The number of nitrogens with zero attached hydrogens (tertiary/aromatic N) is 1. The molecule has 20 heavy (non-hydrogen) atoms. The van der Waals surface area contributed by atoms with Crippen molar-refractivity contribution in [2.45, 2.75) is 0 Å². The van der Waals surface area contributed by atoms with E-state index < -0.39 is 17.5 Å². The topological polar surface area (TPSA) is 67.5 Å². The van der Waals surface area contributed by atoms with Gasteiger partial charge in [0.05, 0.1) is 6.21 Å². The summed E-state index contributed by atoms with van der Waals surface area (Å²) >= 11 is 0. The van der Waals surface area contributed by atoms with Crippen LogP contribution in [0.25, 0.3) is 0 Å². The first-order valence-electron chi connectivity index (χ1n) is 5.70. The van der Waals surface area contributed by atoms with Gasteiger partial charge in [-0.3, -0.25) is 4.79 Å². The van der Waals surface area contributed by atoms with E-state index in [-0.39, 0.29) is 5.56 Å². The quantitative estimate of drug-likeness (QED) is 0.513. The first-order chi connectivity index (χ1) is 9.56. The van der Waals surface area contributed by atoms with Gasteiger partial charge in [-0.1, -0.05) is 0 Å². The van der Waals surface area contributed by atoms with Crippen molar-refractivity contribution in [1.29, 1.82) is 0 Å². The average Bonchev–Trinajstić information content (AvgIpc) is 2.42. The van der Waals surface area contributed by atoms with E-state index in [4.69, 9.17) is 5.73 Å². The number of amides is 1. The van der Waals surface area contributed by atoms with Crippen molar-refractivity contribution in [3.05, 3.63) is 65.2 Å². The van der Waals surface area contributed by atoms with E-state index in [0.29, 0.717) is 11.3 Å². The molecule has 0 aliphatic heterocycles. The molecule has 0 heterocycles. The van der Waals surface area contributed by atoms with E-state index >= 15 is 0 Å². The molecule has 0 fully saturated rings. The van der Waals surface area contributed by atoms with Gasteiger partial charge >= 0.3 is 0 Å². The van der Waals surface area contributed by atoms with Gasteiger partial charge in [-0.15, -0.1) is 0 Å². The van der Waals surface area contributed by atoms with Crippen LogP contribution in [0.5, 0.6) is 0 Å². The van der Waals surface area contributed by atoms with Crippen LogP contribution in [0.2, 0.25) is 0 Å². The molecule has 1 amide bonds. The Balaban J connectivity index is 2.02. The molecule has 2 aromatic rings. The highest BCUT2D eigenvalue weighted by molar-refractivity contribution is 5.95. The van der Waals surface area contributed by atoms with Crippen molar-refractivity contribution in [3.63, 3.8) is 0 Å². The Morgan fingerprint density at radius 2 is 1.85 bits per heavy atom. The first-order valence-corrected chi connectivity index (χ1v) is 5.70. The van der Waals surface area contributed by atoms with Gasteiger partial charge in [-0.05, 0) is 36.4 Å². The van der Waals surface area contributed by atoms with Crippen LogP contribution in [-0.4, -0.2) is 12.1 Å². The molecule has 0 saturated carbocycles. The van der Waals surface area contributed by atoms with E-state index in [1.165, 1.54) is 6.07 Å². The van der Waals surface area contributed by atoms with Gasteiger partial charge in [0.15, 0.2) is 0 Å². The standard InChI is InChI=1S/C14H11F2N3O/c15-11-4-1-10(13(16)7-11)8-18-19-14(20)9-2-5-12(17)6-3-9/h1-8H,17H2,(H,19,20). The van der Waals surface area contributed by atoms with Crippen molar-refractivity contribution in [2.24, 2.45) is 5.10 Å². The third-order valence-corrected chi connectivity index (χ3v) is 2.51. The van der Waals surface area contributed by atoms with E-state index in [2.05, 4.69) is 10.5 Å². The highest BCUT2D eigenvalue weighted by Crippen LogP contribution is 2.07. The van der Waals surface area contributed by atoms with Crippen LogP contribution in [0, 0.1) is 11.6 Å². The number of nitrogens with two attached hydrogens (primary N) is 1. The minimum absolute atomic E-state index is 0.0732. The van der Waals surface area contributed by atoms with Gasteiger partial charge in [0, 0.05) is 22.9 Å². The Labute approximate surface area is 113 Å². The van der Waals surface area contributed by atoms with Crippen LogP contribution in [0.4, 0.5) is 14.5 Å². The average molecular weight is 275 g/mol. The lowest BCUT2D eigenvalue weighted by atomic mass is 10.2. The molecule has 4 nitrogen and oxygen atoms in total. The molecule has 3 N–H and O–H groups in total. The molecule has 6 heteroatoms. The summed E-state index contributed by atoms with van der Waals surface area (Å²) in [5.41, 5.74) is 8.72. The Morgan fingerprint density at radius 3 is 2.50 bits per heavy atom. The monoisotopic (exact) mass is 275 g/mol. The van der Waals surface area contributed by atoms with Crippen molar-refractivity contribution >= 4 is 17.8 Å². The van der Waals surface area contributed by atoms with Crippen LogP contribution in [0.15, 0.2) is 47.6 Å². The first kappa shape index (κ1) is 13.7. The number of halogens is 2. The summed E-state index contributed by atoms with van der Waals surface area (Å²) < 4.78 is 26.0. The van der Waals surface area contributed by atoms with Crippen molar-refractivity contribution in [1.82, 2.24) is 5.43 Å². The van der Waals surface area contributed by atoms with Gasteiger partial charge in [-0.25, -0.2) is 14.2 Å². The summed E-state index contributed by atoms with van der Waals surface area (Å²) in [6.07, 6.45) is 1.10. The van der Waals surface area contributed by atoms with E-state index in [0.717, 1.165) is 18.3 Å². The maximum absolute atomic E-state index is 13.3. The SMILES string of the molecule is Nc1ccc(C(=O)NN=Cc2ccc(F)cc2F)cc1. The normalized spacial score (nSPS) is 10.7. The van der Waals surface area contributed by atoms with Crippen molar-refractivity contribution in [3.8, 4) is 0 Å². The molecule has 0 aliphatic carbocycles. The fourth-order valence-corrected chi connectivity index (χ4v) is 1.47. The van der Waals surface area contributed by atoms with Crippen LogP contribution in [-0.2, 0) is 0 Å². The number of hydrazone groups is 1. The second kappa shape index (κ2) is 5.92. The number of hydrogen-bond donors (Lipinski definition) is 2. The summed E-state index contributed by atoms with van der Waals surface area (Å²) in [7, 11) is 0. The molecule has 0 spiro atoms. The van der Waals surface area contributed by atoms with Gasteiger partial charge in [0.2, 0.25) is 0 Å². The molecule has 0 radical (unpaired) electrons. The number of carbonyl (C=O) groups is 1. The number of nitrogens with one attached hydrogen (secondary N) is 1. The largest absolute Gasteiger partial charge is 0.399 e. The Hall–Kier alpha value is -2.76. The molecular weight excluding hydrogens is 264 g/mol. The molecule has 102 valence electrons. The predicted molar refractivity (Wildman–Crippen MR) is 72.3 cm³/mol. The fraction of sp³-hybridized carbons (Fsp3) is 0. The van der Waals surface area contributed by atoms with Crippen LogP contribution < -0.4 is 11.2 Å². The summed E-state index contributed by atoms with van der Waals surface area (Å²) in [6, 6.07) is 9.31. The maximum Gasteiger partial charge on any atom is 0.271 e. The highest BCUT2D eigenvalue weighted by atomic mass is 19.1. The van der Waals surface area contributed by atoms with E-state index in [9.17, 15) is 13.6 Å². The maximum atomic E-state index is 13.3. The Morgan fingerprint density at radius 1 is 1.15 bits per heavy atom. The van der Waals surface area contributed by atoms with E-state index in [1.807, 2.05) is 0 Å². The van der Waals surface area contributed by atoms with Gasteiger partial charge in [0.25, 0.3) is 5.91 Å². The second-order valence-corrected chi connectivity index (χ2v) is 3.99. The third kappa shape index (κ3) is 3.38. The molecule has 2 rings (SSSR count). The fourth-order valence-electron chi connectivity index (χ4n) is 1.47. The number of rotatable bonds is 3. The molecule has 0 bridgehead atoms. The molecule has 2 aromatic carbocycles. The molecule has 0 aliphatic rings. The second-order valence-electron chi connectivity index (χ2n) is 3.99. The van der Waals surface area contributed by atoms with Crippen LogP contribution >= 0.6 is 0 Å². The zero-order chi connectivity index (χ0) is 14.5. The summed E-state index contributed by atoms with van der Waals surface area (Å²) in [5.74, 6) is -1.88. The number of hydrogen-bond acceptors (Lipinski definition) is 3. The predicted octanol–water partition coefficient (Wildman–Crippen LogP) is 2.31. The number of benzene rings is 2. The minimum Gasteiger partial charge on any atom is -0.399 e. The van der Waals surface area contributed by atoms with Crippen molar-refractivity contribution in [2.75, 3.05) is 5.73 Å². The van der Waals surface area contributed by atoms with E-state index in [1.54, 1.807) is 24.3 Å². The smallest absolute Gasteiger partial charge is 0.271 e. The Kier molecular flexibility index (Phi) is 4.05. The lowest BCUT2D eigenvalue weighted by molar-refractivity contribution is 0.0955. The van der Waals surface area contributed by atoms with Crippen molar-refractivity contribution < 1.29 is 13.6 Å². The number of carbonyl (C=O) groups excluding carboxylic acids is 1. The van der Waals surface area contributed by atoms with Crippen LogP contribution in [0.3, 0.4) is 0 Å². The van der Waals surface area contributed by atoms with Gasteiger partial charge in [-0.2, -0.15) is 5.10 Å².